The second-order valence-corrected chi connectivity index (χ2v) is 7.05. The number of carbonyl (C=O) groups is 4. The summed E-state index contributed by atoms with van der Waals surface area (Å²) in [5.41, 5.74) is 0. The molecule has 9 nitrogen and oxygen atoms in total. The summed E-state index contributed by atoms with van der Waals surface area (Å²) < 4.78 is 17.3. The van der Waals surface area contributed by atoms with Crippen LogP contribution >= 0.6 is 0 Å². The van der Waals surface area contributed by atoms with E-state index < -0.39 is 57.6 Å². The highest BCUT2D eigenvalue weighted by molar-refractivity contribution is 7.86. The van der Waals surface area contributed by atoms with Crippen LogP contribution in [0.25, 0.3) is 0 Å². The molecule has 2 N–H and O–H groups in total. The number of ketones is 1. The molecule has 10 heteroatoms. The molecule has 0 radical (unpaired) electrons. The molecule has 1 aromatic rings. The second kappa shape index (κ2) is 6.63. The molecule has 0 bridgehead atoms. The monoisotopic (exact) mass is 366 g/mol. The molecule has 2 fully saturated rings. The van der Waals surface area contributed by atoms with Gasteiger partial charge in [-0.2, -0.15) is 0 Å². The Balaban J connectivity index is 1.63. The number of carboxylic acids is 1. The molecule has 0 aliphatic carbocycles. The fraction of sp³-hybridized carbons (Fsp3) is 0.333. The van der Waals surface area contributed by atoms with E-state index >= 15 is 0 Å². The normalized spacial score (nSPS) is 27.9. The average Bonchev–Trinajstić information content (AvgIpc) is 2.58. The van der Waals surface area contributed by atoms with Crippen molar-refractivity contribution in [3.8, 4) is 5.75 Å². The molecule has 2 amide bonds. The van der Waals surface area contributed by atoms with Gasteiger partial charge in [0.15, 0.2) is 18.4 Å². The Morgan fingerprint density at radius 1 is 1.28 bits per heavy atom. The van der Waals surface area contributed by atoms with Crippen LogP contribution in [0.5, 0.6) is 5.75 Å². The summed E-state index contributed by atoms with van der Waals surface area (Å²) in [5.74, 6) is -3.60. The number of carboxylic acid groups (broad SMARTS) is 1. The van der Waals surface area contributed by atoms with Crippen molar-refractivity contribution < 1.29 is 33.2 Å². The highest BCUT2D eigenvalue weighted by Gasteiger charge is 2.60. The number of Topliss-reactive ketones (excluding diaryl/α,β-unsaturated/α-hetero) is 1. The van der Waals surface area contributed by atoms with Gasteiger partial charge in [-0.15, -0.1) is 0 Å². The van der Waals surface area contributed by atoms with E-state index in [1.54, 1.807) is 30.3 Å². The van der Waals surface area contributed by atoms with Crippen LogP contribution in [0.2, 0.25) is 0 Å². The summed E-state index contributed by atoms with van der Waals surface area (Å²) in [6.07, 6.45) is 0. The largest absolute Gasteiger partial charge is 0.484 e. The van der Waals surface area contributed by atoms with Crippen LogP contribution in [0.3, 0.4) is 0 Å². The maximum absolute atomic E-state index is 12.1. The molecule has 132 valence electrons. The third-order valence-corrected chi connectivity index (χ3v) is 5.49. The molecule has 2 heterocycles. The predicted molar refractivity (Wildman–Crippen MR) is 83.9 cm³/mol. The molecular weight excluding hydrogens is 352 g/mol. The van der Waals surface area contributed by atoms with Gasteiger partial charge in [0.25, 0.3) is 5.91 Å². The van der Waals surface area contributed by atoms with Crippen molar-refractivity contribution in [3.63, 3.8) is 0 Å². The number of carbonyl (C=O) groups excluding carboxylic acids is 3. The van der Waals surface area contributed by atoms with Gasteiger partial charge in [0.05, 0.1) is 16.6 Å². The van der Waals surface area contributed by atoms with Crippen molar-refractivity contribution in [3.05, 3.63) is 30.3 Å². The fourth-order valence-corrected chi connectivity index (χ4v) is 4.35. The van der Waals surface area contributed by atoms with Gasteiger partial charge >= 0.3 is 5.97 Å². The van der Waals surface area contributed by atoms with Crippen LogP contribution in [0.1, 0.15) is 0 Å². The number of aliphatic carboxylic acids is 1. The highest BCUT2D eigenvalue weighted by atomic mass is 32.2. The van der Waals surface area contributed by atoms with Crippen LogP contribution in [0.15, 0.2) is 30.3 Å². The summed E-state index contributed by atoms with van der Waals surface area (Å²) in [4.78, 5) is 47.7. The fourth-order valence-electron chi connectivity index (χ4n) is 2.77. The number of nitrogens with one attached hydrogen (secondary N) is 1. The maximum Gasteiger partial charge on any atom is 0.334 e. The van der Waals surface area contributed by atoms with Crippen LogP contribution in [0, 0.1) is 0 Å². The molecule has 3 rings (SSSR count). The first-order valence-corrected chi connectivity index (χ1v) is 8.70. The molecule has 2 aliphatic heterocycles. The van der Waals surface area contributed by atoms with Gasteiger partial charge in [-0.3, -0.25) is 18.6 Å². The third kappa shape index (κ3) is 3.12. The van der Waals surface area contributed by atoms with Gasteiger partial charge < -0.3 is 20.1 Å². The molecule has 0 saturated carbocycles. The SMILES string of the molecule is O=C(COc1ccccc1)NC1C(=O)N2C(C(=O)O)C(=O)CS(=O)[C@@H]12. The summed E-state index contributed by atoms with van der Waals surface area (Å²) in [6, 6.07) is 5.79. The molecule has 3 unspecified atom stereocenters. The molecule has 2 aliphatic rings. The molecule has 25 heavy (non-hydrogen) atoms. The molecule has 0 spiro atoms. The van der Waals surface area contributed by atoms with Crippen molar-refractivity contribution in [2.45, 2.75) is 17.5 Å². The van der Waals surface area contributed by atoms with Gasteiger partial charge in [-0.05, 0) is 12.1 Å². The van der Waals surface area contributed by atoms with Crippen molar-refractivity contribution in [1.29, 1.82) is 0 Å². The van der Waals surface area contributed by atoms with Gasteiger partial charge in [-0.25, -0.2) is 4.79 Å². The number of hydrogen-bond donors (Lipinski definition) is 2. The lowest BCUT2D eigenvalue weighted by Gasteiger charge is -2.50. The Morgan fingerprint density at radius 2 is 1.96 bits per heavy atom. The number of benzene rings is 1. The average molecular weight is 366 g/mol. The second-order valence-electron chi connectivity index (χ2n) is 5.52. The minimum Gasteiger partial charge on any atom is -0.484 e. The Labute approximate surface area is 144 Å². The van der Waals surface area contributed by atoms with Crippen LogP contribution in [-0.4, -0.2) is 67.6 Å². The lowest BCUT2D eigenvalue weighted by Crippen LogP contribution is -2.79. The molecule has 2 saturated heterocycles. The first kappa shape index (κ1) is 17.1. The van der Waals surface area contributed by atoms with E-state index in [-0.39, 0.29) is 6.61 Å². The number of para-hydroxylation sites is 1. The number of hydrogen-bond acceptors (Lipinski definition) is 6. The van der Waals surface area contributed by atoms with Gasteiger partial charge in [0.1, 0.15) is 17.2 Å². The van der Waals surface area contributed by atoms with Crippen molar-refractivity contribution in [2.75, 3.05) is 12.4 Å². The Morgan fingerprint density at radius 3 is 2.60 bits per heavy atom. The Bertz CT molecular complexity index is 766. The zero-order chi connectivity index (χ0) is 18.1. The number of ether oxygens (including phenoxy) is 1. The van der Waals surface area contributed by atoms with E-state index in [9.17, 15) is 23.4 Å². The van der Waals surface area contributed by atoms with Crippen molar-refractivity contribution in [1.82, 2.24) is 10.2 Å². The van der Waals surface area contributed by atoms with E-state index in [1.807, 2.05) is 0 Å². The summed E-state index contributed by atoms with van der Waals surface area (Å²) in [7, 11) is -1.77. The first-order chi connectivity index (χ1) is 11.9. The zero-order valence-corrected chi connectivity index (χ0v) is 13.6. The number of rotatable bonds is 5. The minimum absolute atomic E-state index is 0.353. The first-order valence-electron chi connectivity index (χ1n) is 7.32. The molecule has 0 aromatic heterocycles. The lowest BCUT2D eigenvalue weighted by molar-refractivity contribution is -0.165. The van der Waals surface area contributed by atoms with Gasteiger partial charge in [0, 0.05) is 0 Å². The van der Waals surface area contributed by atoms with Crippen LogP contribution in [0.4, 0.5) is 0 Å². The van der Waals surface area contributed by atoms with E-state index in [4.69, 9.17) is 9.84 Å². The van der Waals surface area contributed by atoms with E-state index in [1.165, 1.54) is 0 Å². The summed E-state index contributed by atoms with van der Waals surface area (Å²) in [6.45, 7) is -0.353. The Kier molecular flexibility index (Phi) is 4.53. The lowest BCUT2D eigenvalue weighted by atomic mass is 10.0. The van der Waals surface area contributed by atoms with Crippen molar-refractivity contribution in [2.24, 2.45) is 0 Å². The Hall–Kier alpha value is -2.75. The number of nitrogens with zero attached hydrogens (tertiary/aromatic N) is 1. The standard InChI is InChI=1S/C15H14N2O7S/c18-9-7-25(23)14-11(13(20)17(14)12(9)15(21)22)16-10(19)6-24-8-4-2-1-3-5-8/h1-5,11-12,14H,6-7H2,(H,16,19)(H,21,22)/t11?,12?,14-,25?/m0/s1. The highest BCUT2D eigenvalue weighted by Crippen LogP contribution is 2.30. The summed E-state index contributed by atoms with van der Waals surface area (Å²) in [5, 5.41) is 10.5. The topological polar surface area (TPSA) is 130 Å². The van der Waals surface area contributed by atoms with E-state index in [0.29, 0.717) is 5.75 Å². The molecule has 4 atom stereocenters. The predicted octanol–water partition coefficient (Wildman–Crippen LogP) is -1.50. The van der Waals surface area contributed by atoms with E-state index in [0.717, 1.165) is 4.90 Å². The van der Waals surface area contributed by atoms with Gasteiger partial charge in [-0.1, -0.05) is 18.2 Å². The van der Waals surface area contributed by atoms with E-state index in [2.05, 4.69) is 5.32 Å². The minimum atomic E-state index is -1.77. The third-order valence-electron chi connectivity index (χ3n) is 3.88. The van der Waals surface area contributed by atoms with Gasteiger partial charge in [0.2, 0.25) is 5.91 Å². The molecular formula is C15H14N2O7S. The maximum atomic E-state index is 12.1. The zero-order valence-electron chi connectivity index (χ0n) is 12.8. The van der Waals surface area contributed by atoms with Crippen molar-refractivity contribution >= 4 is 34.4 Å². The quantitative estimate of drug-likeness (QED) is 0.479. The number of β-lactam (4-membered cyclic amide) rings is 1. The number of amides is 2. The number of fused-ring (bicyclic) bond motifs is 1. The summed E-state index contributed by atoms with van der Waals surface area (Å²) >= 11 is 0. The van der Waals surface area contributed by atoms with Crippen LogP contribution < -0.4 is 10.1 Å². The smallest absolute Gasteiger partial charge is 0.334 e. The molecule has 1 aromatic carbocycles. The van der Waals surface area contributed by atoms with Crippen LogP contribution in [-0.2, 0) is 30.0 Å².